The monoisotopic (exact) mass is 261 g/mol. The van der Waals surface area contributed by atoms with Gasteiger partial charge in [-0.2, -0.15) is 0 Å². The quantitative estimate of drug-likeness (QED) is 0.860. The van der Waals surface area contributed by atoms with E-state index in [2.05, 4.69) is 0 Å². The first-order chi connectivity index (χ1) is 8.29. The minimum absolute atomic E-state index is 0. The van der Waals surface area contributed by atoms with E-state index < -0.39 is 0 Å². The number of nitrogens with two attached hydrogens (primary N) is 1. The molecule has 0 aromatic heterocycles. The normalized spacial score (nSPS) is 9.61. The first-order valence-electron chi connectivity index (χ1n) is 5.66. The first kappa shape index (κ1) is 14.4. The van der Waals surface area contributed by atoms with E-state index in [0.717, 1.165) is 16.7 Å². The summed E-state index contributed by atoms with van der Waals surface area (Å²) >= 11 is 0. The molecule has 0 atom stereocenters. The Kier molecular flexibility index (Phi) is 5.56. The van der Waals surface area contributed by atoms with E-state index in [1.165, 1.54) is 0 Å². The van der Waals surface area contributed by atoms with Crippen molar-refractivity contribution in [3.05, 3.63) is 71.3 Å². The summed E-state index contributed by atoms with van der Waals surface area (Å²) in [7, 11) is 0. The number of carbonyl (C=O) groups excluding carboxylic acids is 1. The van der Waals surface area contributed by atoms with Gasteiger partial charge in [0.25, 0.3) is 0 Å². The number of carbonyl (C=O) groups is 1. The highest BCUT2D eigenvalue weighted by Crippen LogP contribution is 2.09. The standard InChI is InChI=1S/C15H15NO.ClH/c16-11-13-6-8-14(9-7-13)15(17)10-12-4-2-1-3-5-12;/h1-9H,10-11,16H2;1H. The van der Waals surface area contributed by atoms with Gasteiger partial charge in [0, 0.05) is 18.5 Å². The van der Waals surface area contributed by atoms with Crippen molar-refractivity contribution < 1.29 is 4.79 Å². The van der Waals surface area contributed by atoms with Gasteiger partial charge in [-0.3, -0.25) is 4.79 Å². The van der Waals surface area contributed by atoms with Crippen LogP contribution in [0, 0.1) is 0 Å². The second-order valence-corrected chi connectivity index (χ2v) is 3.99. The van der Waals surface area contributed by atoms with Crippen LogP contribution in [0.3, 0.4) is 0 Å². The summed E-state index contributed by atoms with van der Waals surface area (Å²) in [6, 6.07) is 17.2. The Morgan fingerprint density at radius 2 is 1.50 bits per heavy atom. The Balaban J connectivity index is 0.00000162. The molecule has 0 bridgehead atoms. The van der Waals surface area contributed by atoms with Crippen molar-refractivity contribution >= 4 is 18.2 Å². The number of hydrogen-bond acceptors (Lipinski definition) is 2. The van der Waals surface area contributed by atoms with Crippen LogP contribution in [0.15, 0.2) is 54.6 Å². The smallest absolute Gasteiger partial charge is 0.167 e. The topological polar surface area (TPSA) is 43.1 Å². The molecule has 0 radical (unpaired) electrons. The maximum absolute atomic E-state index is 12.0. The number of halogens is 1. The number of rotatable bonds is 4. The van der Waals surface area contributed by atoms with Crippen molar-refractivity contribution in [1.82, 2.24) is 0 Å². The molecule has 3 heteroatoms. The predicted molar refractivity (Wildman–Crippen MR) is 76.1 cm³/mol. The highest BCUT2D eigenvalue weighted by atomic mass is 35.5. The molecule has 94 valence electrons. The zero-order valence-electron chi connectivity index (χ0n) is 10.0. The molecule has 0 aliphatic rings. The lowest BCUT2D eigenvalue weighted by Gasteiger charge is -2.02. The largest absolute Gasteiger partial charge is 0.326 e. The fraction of sp³-hybridized carbons (Fsp3) is 0.133. The highest BCUT2D eigenvalue weighted by Gasteiger charge is 2.06. The predicted octanol–water partition coefficient (Wildman–Crippen LogP) is 2.99. The van der Waals surface area contributed by atoms with Crippen LogP contribution in [-0.4, -0.2) is 5.78 Å². The van der Waals surface area contributed by atoms with Crippen LogP contribution in [0.4, 0.5) is 0 Å². The number of Topliss-reactive ketones (excluding diaryl/α,β-unsaturated/α-hetero) is 1. The Hall–Kier alpha value is -1.64. The van der Waals surface area contributed by atoms with Gasteiger partial charge in [0.15, 0.2) is 5.78 Å². The van der Waals surface area contributed by atoms with E-state index in [1.807, 2.05) is 54.6 Å². The van der Waals surface area contributed by atoms with Crippen molar-refractivity contribution in [3.63, 3.8) is 0 Å². The maximum atomic E-state index is 12.0. The molecule has 0 saturated carbocycles. The van der Waals surface area contributed by atoms with E-state index in [0.29, 0.717) is 13.0 Å². The Morgan fingerprint density at radius 3 is 2.06 bits per heavy atom. The third-order valence-corrected chi connectivity index (χ3v) is 2.72. The van der Waals surface area contributed by atoms with Crippen molar-refractivity contribution in [2.24, 2.45) is 5.73 Å². The molecule has 2 N–H and O–H groups in total. The summed E-state index contributed by atoms with van der Waals surface area (Å²) in [4.78, 5) is 12.0. The summed E-state index contributed by atoms with van der Waals surface area (Å²) in [5.41, 5.74) is 8.34. The van der Waals surface area contributed by atoms with Gasteiger partial charge < -0.3 is 5.73 Å². The summed E-state index contributed by atoms with van der Waals surface area (Å²) in [5, 5.41) is 0. The van der Waals surface area contributed by atoms with Gasteiger partial charge >= 0.3 is 0 Å². The van der Waals surface area contributed by atoms with E-state index in [1.54, 1.807) is 0 Å². The molecule has 2 rings (SSSR count). The van der Waals surface area contributed by atoms with Crippen LogP contribution < -0.4 is 5.73 Å². The molecule has 2 aromatic carbocycles. The van der Waals surface area contributed by atoms with E-state index >= 15 is 0 Å². The molecule has 2 aromatic rings. The zero-order chi connectivity index (χ0) is 12.1. The van der Waals surface area contributed by atoms with E-state index in [-0.39, 0.29) is 18.2 Å². The van der Waals surface area contributed by atoms with Gasteiger partial charge in [-0.15, -0.1) is 12.4 Å². The Labute approximate surface area is 113 Å². The average Bonchev–Trinajstić information content (AvgIpc) is 2.40. The lowest BCUT2D eigenvalue weighted by atomic mass is 10.0. The van der Waals surface area contributed by atoms with Crippen molar-refractivity contribution in [1.29, 1.82) is 0 Å². The van der Waals surface area contributed by atoms with Crippen LogP contribution in [0.25, 0.3) is 0 Å². The Morgan fingerprint density at radius 1 is 0.889 bits per heavy atom. The first-order valence-corrected chi connectivity index (χ1v) is 5.66. The lowest BCUT2D eigenvalue weighted by molar-refractivity contribution is 0.0993. The van der Waals surface area contributed by atoms with Crippen LogP contribution in [0.2, 0.25) is 0 Å². The second-order valence-electron chi connectivity index (χ2n) is 3.99. The highest BCUT2D eigenvalue weighted by molar-refractivity contribution is 5.97. The minimum atomic E-state index is 0. The van der Waals surface area contributed by atoms with E-state index in [9.17, 15) is 4.79 Å². The molecule has 0 spiro atoms. The second kappa shape index (κ2) is 6.94. The minimum Gasteiger partial charge on any atom is -0.326 e. The van der Waals surface area contributed by atoms with Gasteiger partial charge in [-0.1, -0.05) is 54.6 Å². The van der Waals surface area contributed by atoms with Crippen molar-refractivity contribution in [3.8, 4) is 0 Å². The number of ketones is 1. The van der Waals surface area contributed by atoms with Crippen molar-refractivity contribution in [2.75, 3.05) is 0 Å². The summed E-state index contributed by atoms with van der Waals surface area (Å²) in [5.74, 6) is 0.139. The lowest BCUT2D eigenvalue weighted by Crippen LogP contribution is -2.04. The van der Waals surface area contributed by atoms with Crippen LogP contribution >= 0.6 is 12.4 Å². The maximum Gasteiger partial charge on any atom is 0.167 e. The summed E-state index contributed by atoms with van der Waals surface area (Å²) in [6.07, 6.45) is 0.447. The third-order valence-electron chi connectivity index (χ3n) is 2.72. The molecule has 0 unspecified atom stereocenters. The van der Waals surface area contributed by atoms with Gasteiger partial charge in [-0.05, 0) is 11.1 Å². The van der Waals surface area contributed by atoms with Crippen LogP contribution in [0.5, 0.6) is 0 Å². The fourth-order valence-corrected chi connectivity index (χ4v) is 1.71. The molecule has 0 heterocycles. The molecule has 2 nitrogen and oxygen atoms in total. The van der Waals surface area contributed by atoms with E-state index in [4.69, 9.17) is 5.73 Å². The number of benzene rings is 2. The molecular weight excluding hydrogens is 246 g/mol. The molecule has 0 fully saturated rings. The van der Waals surface area contributed by atoms with Gasteiger partial charge in [0.1, 0.15) is 0 Å². The molecule has 0 aliphatic heterocycles. The molecule has 0 amide bonds. The Bertz CT molecular complexity index is 494. The summed E-state index contributed by atoms with van der Waals surface area (Å²) < 4.78 is 0. The molecule has 0 aliphatic carbocycles. The van der Waals surface area contributed by atoms with Gasteiger partial charge in [-0.25, -0.2) is 0 Å². The fourth-order valence-electron chi connectivity index (χ4n) is 1.71. The molecular formula is C15H16ClNO. The van der Waals surface area contributed by atoms with Crippen molar-refractivity contribution in [2.45, 2.75) is 13.0 Å². The molecule has 18 heavy (non-hydrogen) atoms. The third kappa shape index (κ3) is 3.69. The van der Waals surface area contributed by atoms with Crippen LogP contribution in [-0.2, 0) is 13.0 Å². The number of hydrogen-bond donors (Lipinski definition) is 1. The van der Waals surface area contributed by atoms with Crippen LogP contribution in [0.1, 0.15) is 21.5 Å². The van der Waals surface area contributed by atoms with Gasteiger partial charge in [0.05, 0.1) is 0 Å². The zero-order valence-corrected chi connectivity index (χ0v) is 10.8. The SMILES string of the molecule is Cl.NCc1ccc(C(=O)Cc2ccccc2)cc1. The summed E-state index contributed by atoms with van der Waals surface area (Å²) in [6.45, 7) is 0.507. The molecule has 0 saturated heterocycles. The van der Waals surface area contributed by atoms with Gasteiger partial charge in [0.2, 0.25) is 0 Å². The average molecular weight is 262 g/mol.